The average molecular weight is 298 g/mol. The van der Waals surface area contributed by atoms with E-state index >= 15 is 0 Å². The summed E-state index contributed by atoms with van der Waals surface area (Å²) in [5, 5.41) is 0.665. The van der Waals surface area contributed by atoms with Gasteiger partial charge in [-0.1, -0.05) is 23.4 Å². The minimum Gasteiger partial charge on any atom is -0.310 e. The molecule has 0 saturated carbocycles. The number of benzene rings is 1. The van der Waals surface area contributed by atoms with Crippen molar-refractivity contribution < 1.29 is 9.59 Å². The number of halogens is 1. The molecule has 1 saturated heterocycles. The summed E-state index contributed by atoms with van der Waals surface area (Å²) in [6.45, 7) is 6.06. The highest BCUT2D eigenvalue weighted by Gasteiger charge is 2.33. The molecular weight excluding hydrogens is 282 g/mol. The van der Waals surface area contributed by atoms with E-state index in [9.17, 15) is 9.59 Å². The predicted molar refractivity (Wildman–Crippen MR) is 80.0 cm³/mol. The van der Waals surface area contributed by atoms with Crippen LogP contribution in [0.1, 0.15) is 24.5 Å². The van der Waals surface area contributed by atoms with Gasteiger partial charge in [-0.3, -0.25) is 9.59 Å². The number of aryl methyl sites for hydroxylation is 2. The second-order valence-corrected chi connectivity index (χ2v) is 6.71. The van der Waals surface area contributed by atoms with Gasteiger partial charge in [0.25, 0.3) is 0 Å². The molecular formula is C14H16ClNO2S. The number of hydrogen-bond donors (Lipinski definition) is 0. The molecule has 2 rings (SSSR count). The lowest BCUT2D eigenvalue weighted by atomic mass is 10.1. The molecule has 0 aliphatic carbocycles. The lowest BCUT2D eigenvalue weighted by molar-refractivity contribution is -0.117. The number of anilines is 1. The van der Waals surface area contributed by atoms with Gasteiger partial charge in [0.15, 0.2) is 5.12 Å². The lowest BCUT2D eigenvalue weighted by Crippen LogP contribution is -2.25. The second kappa shape index (κ2) is 5.55. The fourth-order valence-electron chi connectivity index (χ4n) is 2.19. The fourth-order valence-corrected chi connectivity index (χ4v) is 3.43. The molecule has 102 valence electrons. The summed E-state index contributed by atoms with van der Waals surface area (Å²) in [4.78, 5) is 24.9. The van der Waals surface area contributed by atoms with Gasteiger partial charge < -0.3 is 4.90 Å². The molecule has 0 spiro atoms. The van der Waals surface area contributed by atoms with Crippen molar-refractivity contribution in [3.63, 3.8) is 0 Å². The first-order valence-electron chi connectivity index (χ1n) is 6.13. The van der Waals surface area contributed by atoms with E-state index in [4.69, 9.17) is 11.6 Å². The second-order valence-electron chi connectivity index (χ2n) is 4.83. The van der Waals surface area contributed by atoms with Crippen LogP contribution in [-0.4, -0.2) is 22.8 Å². The third-order valence-corrected chi connectivity index (χ3v) is 4.56. The normalized spacial score (nSPS) is 19.1. The molecule has 1 atom stereocenters. The van der Waals surface area contributed by atoms with Crippen molar-refractivity contribution in [3.8, 4) is 0 Å². The molecule has 3 nitrogen and oxygen atoms in total. The van der Waals surface area contributed by atoms with Crippen molar-refractivity contribution in [1.82, 2.24) is 0 Å². The Morgan fingerprint density at radius 3 is 2.63 bits per heavy atom. The Labute approximate surface area is 122 Å². The van der Waals surface area contributed by atoms with Crippen molar-refractivity contribution in [2.45, 2.75) is 32.4 Å². The Morgan fingerprint density at radius 2 is 2.00 bits per heavy atom. The Kier molecular flexibility index (Phi) is 4.21. The Bertz CT molecular complexity index is 544. The molecule has 1 aromatic carbocycles. The topological polar surface area (TPSA) is 37.4 Å². The molecule has 1 aromatic rings. The van der Waals surface area contributed by atoms with Crippen LogP contribution >= 0.6 is 23.4 Å². The first-order valence-corrected chi connectivity index (χ1v) is 7.38. The van der Waals surface area contributed by atoms with E-state index in [1.165, 1.54) is 18.7 Å². The largest absolute Gasteiger partial charge is 0.310 e. The molecule has 5 heteroatoms. The van der Waals surface area contributed by atoms with E-state index in [2.05, 4.69) is 0 Å². The Balaban J connectivity index is 2.25. The molecule has 0 N–H and O–H groups in total. The summed E-state index contributed by atoms with van der Waals surface area (Å²) in [6, 6.07) is 3.82. The van der Waals surface area contributed by atoms with Crippen LogP contribution in [0.25, 0.3) is 0 Å². The summed E-state index contributed by atoms with van der Waals surface area (Å²) in [6.07, 6.45) is 0.396. The van der Waals surface area contributed by atoms with Crippen LogP contribution in [0.15, 0.2) is 12.1 Å². The van der Waals surface area contributed by atoms with E-state index in [0.717, 1.165) is 16.8 Å². The summed E-state index contributed by atoms with van der Waals surface area (Å²) >= 11 is 7.47. The van der Waals surface area contributed by atoms with Gasteiger partial charge in [0.05, 0.1) is 10.7 Å². The number of amides is 1. The van der Waals surface area contributed by atoms with Crippen molar-refractivity contribution in [2.24, 2.45) is 0 Å². The summed E-state index contributed by atoms with van der Waals surface area (Å²) in [5.41, 5.74) is 2.96. The first kappa shape index (κ1) is 14.4. The third kappa shape index (κ3) is 3.12. The van der Waals surface area contributed by atoms with E-state index in [0.29, 0.717) is 18.0 Å². The van der Waals surface area contributed by atoms with Crippen LogP contribution in [0.3, 0.4) is 0 Å². The van der Waals surface area contributed by atoms with Crippen molar-refractivity contribution >= 4 is 40.1 Å². The first-order chi connectivity index (χ1) is 8.88. The Hall–Kier alpha value is -1.00. The molecule has 1 unspecified atom stereocenters. The monoisotopic (exact) mass is 297 g/mol. The van der Waals surface area contributed by atoms with Gasteiger partial charge >= 0.3 is 0 Å². The minimum atomic E-state index is 0.0303. The highest BCUT2D eigenvalue weighted by molar-refractivity contribution is 8.14. The van der Waals surface area contributed by atoms with Gasteiger partial charge in [-0.25, -0.2) is 0 Å². The number of carbonyl (C=O) groups is 2. The van der Waals surface area contributed by atoms with Crippen LogP contribution in [0.4, 0.5) is 5.69 Å². The summed E-state index contributed by atoms with van der Waals surface area (Å²) < 4.78 is 0. The summed E-state index contributed by atoms with van der Waals surface area (Å²) in [5.74, 6) is 0.0314. The smallest absolute Gasteiger partial charge is 0.228 e. The molecule has 1 fully saturated rings. The van der Waals surface area contributed by atoms with Gasteiger partial charge in [-0.2, -0.15) is 0 Å². The summed E-state index contributed by atoms with van der Waals surface area (Å²) in [7, 11) is 0. The van der Waals surface area contributed by atoms with Crippen molar-refractivity contribution in [3.05, 3.63) is 28.3 Å². The van der Waals surface area contributed by atoms with E-state index in [-0.39, 0.29) is 16.3 Å². The predicted octanol–water partition coefficient (Wildman–Crippen LogP) is 3.34. The highest BCUT2D eigenvalue weighted by atomic mass is 35.5. The van der Waals surface area contributed by atoms with Crippen LogP contribution in [0, 0.1) is 13.8 Å². The van der Waals surface area contributed by atoms with Crippen molar-refractivity contribution in [1.29, 1.82) is 0 Å². The molecule has 1 heterocycles. The molecule has 0 radical (unpaired) electrons. The number of thioether (sulfide) groups is 1. The molecule has 1 aliphatic heterocycles. The van der Waals surface area contributed by atoms with Gasteiger partial charge in [-0.15, -0.1) is 0 Å². The number of nitrogens with zero attached hydrogens (tertiary/aromatic N) is 1. The standard InChI is InChI=1S/C14H16ClNO2S/c1-8-4-12(15)13(5-9(8)2)16-7-11(6-14(16)18)19-10(3)17/h4-5,11H,6-7H2,1-3H3. The molecule has 0 aromatic heterocycles. The molecule has 1 aliphatic rings. The molecule has 0 bridgehead atoms. The number of rotatable bonds is 2. The van der Waals surface area contributed by atoms with Crippen LogP contribution < -0.4 is 4.90 Å². The Morgan fingerprint density at radius 1 is 1.37 bits per heavy atom. The van der Waals surface area contributed by atoms with Crippen LogP contribution in [-0.2, 0) is 9.59 Å². The van der Waals surface area contributed by atoms with Crippen molar-refractivity contribution in [2.75, 3.05) is 11.4 Å². The van der Waals surface area contributed by atoms with E-state index < -0.39 is 0 Å². The number of hydrogen-bond acceptors (Lipinski definition) is 3. The van der Waals surface area contributed by atoms with Gasteiger partial charge in [0, 0.05) is 25.1 Å². The van der Waals surface area contributed by atoms with Crippen LogP contribution in [0.2, 0.25) is 5.02 Å². The fraction of sp³-hybridized carbons (Fsp3) is 0.429. The average Bonchev–Trinajstić information content (AvgIpc) is 2.63. The maximum atomic E-state index is 12.1. The SMILES string of the molecule is CC(=O)SC1CC(=O)N(c2cc(C)c(C)cc2Cl)C1. The van der Waals surface area contributed by atoms with Gasteiger partial charge in [0.1, 0.15) is 0 Å². The zero-order valence-corrected chi connectivity index (χ0v) is 12.8. The van der Waals surface area contributed by atoms with E-state index in [1.54, 1.807) is 4.90 Å². The van der Waals surface area contributed by atoms with Crippen LogP contribution in [0.5, 0.6) is 0 Å². The zero-order valence-electron chi connectivity index (χ0n) is 11.2. The lowest BCUT2D eigenvalue weighted by Gasteiger charge is -2.19. The quantitative estimate of drug-likeness (QED) is 0.840. The van der Waals surface area contributed by atoms with Gasteiger partial charge in [0.2, 0.25) is 5.91 Å². The molecule has 19 heavy (non-hydrogen) atoms. The van der Waals surface area contributed by atoms with E-state index in [1.807, 2.05) is 26.0 Å². The third-order valence-electron chi connectivity index (χ3n) is 3.28. The zero-order chi connectivity index (χ0) is 14.2. The molecule has 1 amide bonds. The highest BCUT2D eigenvalue weighted by Crippen LogP contribution is 2.34. The maximum absolute atomic E-state index is 12.1. The maximum Gasteiger partial charge on any atom is 0.228 e. The number of carbonyl (C=O) groups excluding carboxylic acids is 2. The van der Waals surface area contributed by atoms with Gasteiger partial charge in [-0.05, 0) is 37.1 Å². The minimum absolute atomic E-state index is 0.0303.